The SMILES string of the molecule is C=C(C)C(=O)Oc1ccc(C2CCC(C(C)=O)CC2)cc1. The van der Waals surface area contributed by atoms with Crippen molar-refractivity contribution in [2.24, 2.45) is 5.92 Å². The van der Waals surface area contributed by atoms with Crippen LogP contribution in [-0.4, -0.2) is 11.8 Å². The number of rotatable bonds is 4. The summed E-state index contributed by atoms with van der Waals surface area (Å²) >= 11 is 0. The van der Waals surface area contributed by atoms with Gasteiger partial charge in [0, 0.05) is 11.5 Å². The third-order valence-corrected chi connectivity index (χ3v) is 4.21. The van der Waals surface area contributed by atoms with Gasteiger partial charge in [-0.25, -0.2) is 4.79 Å². The topological polar surface area (TPSA) is 43.4 Å². The highest BCUT2D eigenvalue weighted by atomic mass is 16.5. The van der Waals surface area contributed by atoms with E-state index in [1.54, 1.807) is 13.8 Å². The van der Waals surface area contributed by atoms with Crippen molar-refractivity contribution in [2.45, 2.75) is 45.4 Å². The van der Waals surface area contributed by atoms with Gasteiger partial charge in [0.15, 0.2) is 0 Å². The third-order valence-electron chi connectivity index (χ3n) is 4.21. The molecule has 0 N–H and O–H groups in total. The summed E-state index contributed by atoms with van der Waals surface area (Å²) in [5, 5.41) is 0. The second-order valence-corrected chi connectivity index (χ2v) is 5.90. The predicted molar refractivity (Wildman–Crippen MR) is 82.3 cm³/mol. The minimum atomic E-state index is -0.398. The Kier molecular flexibility index (Phi) is 4.94. The average molecular weight is 286 g/mol. The van der Waals surface area contributed by atoms with Crippen LogP contribution in [0.5, 0.6) is 5.75 Å². The first-order valence-electron chi connectivity index (χ1n) is 7.45. The first-order valence-corrected chi connectivity index (χ1v) is 7.45. The molecule has 0 saturated heterocycles. The number of carbonyl (C=O) groups excluding carboxylic acids is 2. The number of ketones is 1. The number of ether oxygens (including phenoxy) is 1. The van der Waals surface area contributed by atoms with Crippen molar-refractivity contribution in [3.05, 3.63) is 42.0 Å². The van der Waals surface area contributed by atoms with Crippen molar-refractivity contribution in [3.8, 4) is 5.75 Å². The maximum absolute atomic E-state index is 11.4. The highest BCUT2D eigenvalue weighted by Gasteiger charge is 2.24. The quantitative estimate of drug-likeness (QED) is 0.477. The van der Waals surface area contributed by atoms with Crippen LogP contribution >= 0.6 is 0 Å². The minimum Gasteiger partial charge on any atom is -0.423 e. The lowest BCUT2D eigenvalue weighted by Crippen LogP contribution is -2.18. The standard InChI is InChI=1S/C18H22O3/c1-12(2)18(20)21-17-10-8-16(9-11-17)15-6-4-14(5-7-15)13(3)19/h8-11,14-15H,1,4-7H2,2-3H3. The number of esters is 1. The molecule has 1 fully saturated rings. The number of hydrogen-bond donors (Lipinski definition) is 0. The smallest absolute Gasteiger partial charge is 0.338 e. The highest BCUT2D eigenvalue weighted by Crippen LogP contribution is 2.36. The van der Waals surface area contributed by atoms with E-state index in [-0.39, 0.29) is 5.92 Å². The zero-order chi connectivity index (χ0) is 15.4. The van der Waals surface area contributed by atoms with Gasteiger partial charge in [-0.15, -0.1) is 0 Å². The fourth-order valence-electron chi connectivity index (χ4n) is 2.84. The van der Waals surface area contributed by atoms with Gasteiger partial charge in [0.05, 0.1) is 0 Å². The van der Waals surface area contributed by atoms with E-state index in [2.05, 4.69) is 6.58 Å². The van der Waals surface area contributed by atoms with Crippen LogP contribution in [0.2, 0.25) is 0 Å². The summed E-state index contributed by atoms with van der Waals surface area (Å²) in [4.78, 5) is 22.8. The number of benzene rings is 1. The van der Waals surface area contributed by atoms with Gasteiger partial charge in [-0.05, 0) is 63.1 Å². The molecule has 0 aliphatic heterocycles. The van der Waals surface area contributed by atoms with Crippen molar-refractivity contribution in [2.75, 3.05) is 0 Å². The molecule has 1 aromatic rings. The van der Waals surface area contributed by atoms with Crippen LogP contribution < -0.4 is 4.74 Å². The Balaban J connectivity index is 1.95. The maximum Gasteiger partial charge on any atom is 0.338 e. The minimum absolute atomic E-state index is 0.247. The molecule has 112 valence electrons. The molecule has 0 atom stereocenters. The Morgan fingerprint density at radius 2 is 1.62 bits per heavy atom. The molecule has 0 spiro atoms. The number of Topliss-reactive ketones (excluding diaryl/α,β-unsaturated/α-hetero) is 1. The number of carbonyl (C=O) groups is 2. The molecule has 3 heteroatoms. The predicted octanol–water partition coefficient (Wildman–Crippen LogP) is 4.03. The Hall–Kier alpha value is -1.90. The van der Waals surface area contributed by atoms with Crippen molar-refractivity contribution in [3.63, 3.8) is 0 Å². The molecule has 1 saturated carbocycles. The van der Waals surface area contributed by atoms with Crippen LogP contribution in [0.1, 0.15) is 51.0 Å². The fraction of sp³-hybridized carbons (Fsp3) is 0.444. The van der Waals surface area contributed by atoms with E-state index in [1.165, 1.54) is 5.56 Å². The zero-order valence-electron chi connectivity index (χ0n) is 12.7. The summed E-state index contributed by atoms with van der Waals surface area (Å²) in [7, 11) is 0. The third kappa shape index (κ3) is 4.03. The van der Waals surface area contributed by atoms with Crippen LogP contribution in [0.4, 0.5) is 0 Å². The van der Waals surface area contributed by atoms with Crippen molar-refractivity contribution in [1.29, 1.82) is 0 Å². The Morgan fingerprint density at radius 3 is 2.10 bits per heavy atom. The second kappa shape index (κ2) is 6.70. The molecule has 1 aliphatic carbocycles. The van der Waals surface area contributed by atoms with Gasteiger partial charge in [0.1, 0.15) is 11.5 Å². The van der Waals surface area contributed by atoms with Crippen LogP contribution in [0.15, 0.2) is 36.4 Å². The van der Waals surface area contributed by atoms with Gasteiger partial charge >= 0.3 is 5.97 Å². The molecule has 2 rings (SSSR count). The second-order valence-electron chi connectivity index (χ2n) is 5.90. The lowest BCUT2D eigenvalue weighted by Gasteiger charge is -2.27. The number of hydrogen-bond acceptors (Lipinski definition) is 3. The lowest BCUT2D eigenvalue weighted by molar-refractivity contribution is -0.130. The molecule has 0 heterocycles. The first kappa shape index (κ1) is 15.5. The summed E-state index contributed by atoms with van der Waals surface area (Å²) in [5.41, 5.74) is 1.65. The molecule has 0 unspecified atom stereocenters. The highest BCUT2D eigenvalue weighted by molar-refractivity contribution is 5.88. The molecular weight excluding hydrogens is 264 g/mol. The summed E-state index contributed by atoms with van der Waals surface area (Å²) in [5.74, 6) is 1.22. The molecule has 1 aliphatic rings. The normalized spacial score (nSPS) is 21.6. The molecule has 3 nitrogen and oxygen atoms in total. The van der Waals surface area contributed by atoms with E-state index in [9.17, 15) is 9.59 Å². The fourth-order valence-corrected chi connectivity index (χ4v) is 2.84. The summed E-state index contributed by atoms with van der Waals surface area (Å²) < 4.78 is 5.18. The lowest BCUT2D eigenvalue weighted by atomic mass is 9.77. The van der Waals surface area contributed by atoms with E-state index in [0.717, 1.165) is 25.7 Å². The van der Waals surface area contributed by atoms with Crippen molar-refractivity contribution in [1.82, 2.24) is 0 Å². The molecule has 1 aromatic carbocycles. The van der Waals surface area contributed by atoms with E-state index >= 15 is 0 Å². The molecule has 0 radical (unpaired) electrons. The van der Waals surface area contributed by atoms with E-state index in [1.807, 2.05) is 24.3 Å². The molecule has 0 aromatic heterocycles. The van der Waals surface area contributed by atoms with Crippen molar-refractivity contribution < 1.29 is 14.3 Å². The van der Waals surface area contributed by atoms with E-state index < -0.39 is 5.97 Å². The Bertz CT molecular complexity index is 534. The van der Waals surface area contributed by atoms with Gasteiger partial charge in [-0.2, -0.15) is 0 Å². The maximum atomic E-state index is 11.4. The summed E-state index contributed by atoms with van der Waals surface area (Å²) in [6.07, 6.45) is 4.06. The monoisotopic (exact) mass is 286 g/mol. The van der Waals surface area contributed by atoms with Gasteiger partial charge in [0.25, 0.3) is 0 Å². The van der Waals surface area contributed by atoms with Crippen LogP contribution in [-0.2, 0) is 9.59 Å². The first-order chi connectivity index (χ1) is 9.97. The van der Waals surface area contributed by atoms with Crippen LogP contribution in [0.25, 0.3) is 0 Å². The average Bonchev–Trinajstić information content (AvgIpc) is 2.48. The summed E-state index contributed by atoms with van der Waals surface area (Å²) in [6, 6.07) is 7.68. The van der Waals surface area contributed by atoms with Gasteiger partial charge in [-0.1, -0.05) is 18.7 Å². The molecular formula is C18H22O3. The van der Waals surface area contributed by atoms with E-state index in [4.69, 9.17) is 4.74 Å². The Morgan fingerprint density at radius 1 is 1.05 bits per heavy atom. The van der Waals surface area contributed by atoms with Crippen LogP contribution in [0, 0.1) is 5.92 Å². The van der Waals surface area contributed by atoms with Crippen molar-refractivity contribution >= 4 is 11.8 Å². The molecule has 21 heavy (non-hydrogen) atoms. The Labute approximate surface area is 126 Å². The molecule has 0 amide bonds. The largest absolute Gasteiger partial charge is 0.423 e. The van der Waals surface area contributed by atoms with Gasteiger partial charge in [0.2, 0.25) is 0 Å². The molecule has 0 bridgehead atoms. The van der Waals surface area contributed by atoms with Gasteiger partial charge < -0.3 is 4.74 Å². The summed E-state index contributed by atoms with van der Waals surface area (Å²) in [6.45, 7) is 6.88. The van der Waals surface area contributed by atoms with E-state index in [0.29, 0.717) is 23.0 Å². The zero-order valence-corrected chi connectivity index (χ0v) is 12.7. The van der Waals surface area contributed by atoms with Gasteiger partial charge in [-0.3, -0.25) is 4.79 Å². The van der Waals surface area contributed by atoms with Crippen LogP contribution in [0.3, 0.4) is 0 Å².